The molecule has 0 radical (unpaired) electrons. The highest BCUT2D eigenvalue weighted by molar-refractivity contribution is 7.13. The van der Waals surface area contributed by atoms with Gasteiger partial charge < -0.3 is 9.84 Å². The van der Waals surface area contributed by atoms with E-state index in [1.807, 2.05) is 36.6 Å². The summed E-state index contributed by atoms with van der Waals surface area (Å²) in [6.45, 7) is 9.70. The van der Waals surface area contributed by atoms with Crippen LogP contribution in [0.5, 0.6) is 0 Å². The molecule has 1 aliphatic rings. The number of nitrogens with zero attached hydrogens (tertiary/aromatic N) is 4. The number of benzene rings is 1. The minimum atomic E-state index is -0.101. The van der Waals surface area contributed by atoms with Crippen LogP contribution in [0.2, 0.25) is 0 Å². The zero-order valence-corrected chi connectivity index (χ0v) is 19.1. The van der Waals surface area contributed by atoms with Gasteiger partial charge in [-0.3, -0.25) is 9.69 Å². The number of aryl methyl sites for hydroxylation is 2. The second-order valence-electron chi connectivity index (χ2n) is 8.71. The Bertz CT molecular complexity index is 1000. The van der Waals surface area contributed by atoms with Crippen LogP contribution in [0.1, 0.15) is 43.8 Å². The fourth-order valence-corrected chi connectivity index (χ4v) is 4.88. The Morgan fingerprint density at radius 2 is 1.94 bits per heavy atom. The Morgan fingerprint density at radius 3 is 2.68 bits per heavy atom. The molecule has 8 heteroatoms. The van der Waals surface area contributed by atoms with Crippen LogP contribution in [-0.2, 0) is 17.8 Å². The molecule has 3 heterocycles. The highest BCUT2D eigenvalue weighted by atomic mass is 32.1. The van der Waals surface area contributed by atoms with E-state index in [9.17, 15) is 4.79 Å². The number of aromatic nitrogens is 3. The molecule has 1 saturated heterocycles. The standard InChI is InChI=1S/C23H29N5O2S/c1-15-4-6-18(7-5-15)22-26-21(30-27-22)9-8-20(29)25-23-24-19(14-31-23)13-28-11-16(2)10-17(3)12-28/h4-7,14,16-17H,8-13H2,1-3H3,(H,24,25,29). The molecule has 2 atom stereocenters. The normalized spacial score (nSPS) is 19.5. The Hall–Kier alpha value is -2.58. The monoisotopic (exact) mass is 439 g/mol. The van der Waals surface area contributed by atoms with Crippen LogP contribution in [0.3, 0.4) is 0 Å². The Kier molecular flexibility index (Phi) is 6.77. The van der Waals surface area contributed by atoms with Crippen molar-refractivity contribution in [1.82, 2.24) is 20.0 Å². The maximum Gasteiger partial charge on any atom is 0.227 e. The third-order valence-corrected chi connectivity index (χ3v) is 6.28. The van der Waals surface area contributed by atoms with Gasteiger partial charge in [0, 0.05) is 43.4 Å². The molecule has 4 rings (SSSR count). The van der Waals surface area contributed by atoms with Crippen molar-refractivity contribution >= 4 is 22.4 Å². The summed E-state index contributed by atoms with van der Waals surface area (Å²) in [7, 11) is 0. The van der Waals surface area contributed by atoms with Gasteiger partial charge in [0.25, 0.3) is 0 Å². The zero-order valence-electron chi connectivity index (χ0n) is 18.3. The second kappa shape index (κ2) is 9.70. The molecule has 0 saturated carbocycles. The predicted molar refractivity (Wildman–Crippen MR) is 122 cm³/mol. The van der Waals surface area contributed by atoms with Gasteiger partial charge in [-0.25, -0.2) is 4.98 Å². The number of amides is 1. The van der Waals surface area contributed by atoms with Crippen molar-refractivity contribution in [3.8, 4) is 11.4 Å². The molecular formula is C23H29N5O2S. The number of carbonyl (C=O) groups excluding carboxylic acids is 1. The molecule has 1 N–H and O–H groups in total. The number of piperidine rings is 1. The van der Waals surface area contributed by atoms with E-state index in [4.69, 9.17) is 4.52 Å². The lowest BCUT2D eigenvalue weighted by molar-refractivity contribution is -0.116. The van der Waals surface area contributed by atoms with Crippen molar-refractivity contribution in [2.45, 2.75) is 46.6 Å². The fourth-order valence-electron chi connectivity index (χ4n) is 4.17. The highest BCUT2D eigenvalue weighted by Crippen LogP contribution is 2.24. The largest absolute Gasteiger partial charge is 0.339 e. The molecule has 1 aliphatic heterocycles. The number of carbonyl (C=O) groups is 1. The van der Waals surface area contributed by atoms with E-state index in [0.29, 0.717) is 23.3 Å². The van der Waals surface area contributed by atoms with Crippen LogP contribution < -0.4 is 5.32 Å². The average molecular weight is 440 g/mol. The molecule has 3 aromatic rings. The molecule has 164 valence electrons. The molecule has 2 aromatic heterocycles. The summed E-state index contributed by atoms with van der Waals surface area (Å²) in [6, 6.07) is 7.94. The van der Waals surface area contributed by atoms with E-state index in [-0.39, 0.29) is 12.3 Å². The average Bonchev–Trinajstić information content (AvgIpc) is 3.36. The number of likely N-dealkylation sites (tertiary alicyclic amines) is 1. The minimum Gasteiger partial charge on any atom is -0.339 e. The van der Waals surface area contributed by atoms with E-state index >= 15 is 0 Å². The zero-order chi connectivity index (χ0) is 21.8. The number of thiazole rings is 1. The first-order chi connectivity index (χ1) is 14.9. The summed E-state index contributed by atoms with van der Waals surface area (Å²) < 4.78 is 5.30. The van der Waals surface area contributed by atoms with Gasteiger partial charge >= 0.3 is 0 Å². The summed E-state index contributed by atoms with van der Waals surface area (Å²) in [5.74, 6) is 2.34. The van der Waals surface area contributed by atoms with Crippen LogP contribution >= 0.6 is 11.3 Å². The maximum atomic E-state index is 12.3. The summed E-state index contributed by atoms with van der Waals surface area (Å²) in [6.07, 6.45) is 1.96. The van der Waals surface area contributed by atoms with Gasteiger partial charge in [-0.1, -0.05) is 48.8 Å². The van der Waals surface area contributed by atoms with Gasteiger partial charge in [0.1, 0.15) is 0 Å². The quantitative estimate of drug-likeness (QED) is 0.581. The van der Waals surface area contributed by atoms with Crippen molar-refractivity contribution in [2.24, 2.45) is 11.8 Å². The topological polar surface area (TPSA) is 84.2 Å². The summed E-state index contributed by atoms with van der Waals surface area (Å²) in [5.41, 5.74) is 3.09. The Balaban J connectivity index is 1.25. The first kappa shape index (κ1) is 21.6. The summed E-state index contributed by atoms with van der Waals surface area (Å²) in [4.78, 5) is 23.8. The lowest BCUT2D eigenvalue weighted by Gasteiger charge is -2.34. The fraction of sp³-hybridized carbons (Fsp3) is 0.478. The Morgan fingerprint density at radius 1 is 1.19 bits per heavy atom. The molecule has 0 aliphatic carbocycles. The van der Waals surface area contributed by atoms with Crippen LogP contribution in [0.25, 0.3) is 11.4 Å². The van der Waals surface area contributed by atoms with Crippen molar-refractivity contribution < 1.29 is 9.32 Å². The van der Waals surface area contributed by atoms with E-state index < -0.39 is 0 Å². The summed E-state index contributed by atoms with van der Waals surface area (Å²) >= 11 is 1.47. The Labute approximate surface area is 186 Å². The third kappa shape index (κ3) is 5.98. The molecule has 1 aromatic carbocycles. The molecule has 7 nitrogen and oxygen atoms in total. The predicted octanol–water partition coefficient (Wildman–Crippen LogP) is 4.55. The molecule has 0 spiro atoms. The number of hydrogen-bond donors (Lipinski definition) is 1. The number of hydrogen-bond acceptors (Lipinski definition) is 7. The lowest BCUT2D eigenvalue weighted by Crippen LogP contribution is -2.38. The van der Waals surface area contributed by atoms with E-state index in [2.05, 4.69) is 39.2 Å². The lowest BCUT2D eigenvalue weighted by atomic mass is 9.92. The number of nitrogens with one attached hydrogen (secondary N) is 1. The molecule has 0 bridgehead atoms. The third-order valence-electron chi connectivity index (χ3n) is 5.47. The molecule has 1 fully saturated rings. The smallest absolute Gasteiger partial charge is 0.227 e. The first-order valence-electron chi connectivity index (χ1n) is 10.8. The second-order valence-corrected chi connectivity index (χ2v) is 9.57. The van der Waals surface area contributed by atoms with Gasteiger partial charge in [0.2, 0.25) is 17.6 Å². The highest BCUT2D eigenvalue weighted by Gasteiger charge is 2.22. The van der Waals surface area contributed by atoms with Crippen LogP contribution in [0.4, 0.5) is 5.13 Å². The van der Waals surface area contributed by atoms with Gasteiger partial charge in [0.05, 0.1) is 5.69 Å². The van der Waals surface area contributed by atoms with Gasteiger partial charge in [-0.15, -0.1) is 11.3 Å². The molecule has 1 amide bonds. The van der Waals surface area contributed by atoms with E-state index in [0.717, 1.165) is 42.7 Å². The minimum absolute atomic E-state index is 0.101. The summed E-state index contributed by atoms with van der Waals surface area (Å²) in [5, 5.41) is 9.58. The van der Waals surface area contributed by atoms with Crippen molar-refractivity contribution in [1.29, 1.82) is 0 Å². The van der Waals surface area contributed by atoms with Crippen molar-refractivity contribution in [3.05, 3.63) is 46.8 Å². The molecule has 2 unspecified atom stereocenters. The number of anilines is 1. The van der Waals surface area contributed by atoms with E-state index in [1.165, 1.54) is 23.3 Å². The van der Waals surface area contributed by atoms with Crippen LogP contribution in [0.15, 0.2) is 34.2 Å². The SMILES string of the molecule is Cc1ccc(-c2noc(CCC(=O)Nc3nc(CN4CC(C)CC(C)C4)cs3)n2)cc1. The van der Waals surface area contributed by atoms with Crippen LogP contribution in [-0.4, -0.2) is 39.0 Å². The number of rotatable bonds is 7. The van der Waals surface area contributed by atoms with Gasteiger partial charge in [-0.05, 0) is 25.2 Å². The van der Waals surface area contributed by atoms with Crippen molar-refractivity contribution in [3.63, 3.8) is 0 Å². The van der Waals surface area contributed by atoms with Crippen LogP contribution in [0, 0.1) is 18.8 Å². The van der Waals surface area contributed by atoms with Gasteiger partial charge in [0.15, 0.2) is 5.13 Å². The molecular weight excluding hydrogens is 410 g/mol. The first-order valence-corrected chi connectivity index (χ1v) is 11.7. The maximum absolute atomic E-state index is 12.3. The van der Waals surface area contributed by atoms with E-state index in [1.54, 1.807) is 0 Å². The van der Waals surface area contributed by atoms with Crippen molar-refractivity contribution in [2.75, 3.05) is 18.4 Å². The van der Waals surface area contributed by atoms with Gasteiger partial charge in [-0.2, -0.15) is 4.98 Å². The molecule has 31 heavy (non-hydrogen) atoms.